The zero-order valence-electron chi connectivity index (χ0n) is 14.4. The second kappa shape index (κ2) is 6.98. The Morgan fingerprint density at radius 1 is 1.46 bits per heavy atom. The number of hydrogen-bond donors (Lipinski definition) is 2. The molecule has 0 aliphatic carbocycles. The van der Waals surface area contributed by atoms with Gasteiger partial charge in [0.15, 0.2) is 5.82 Å². The van der Waals surface area contributed by atoms with Crippen molar-refractivity contribution in [2.45, 2.75) is 58.7 Å². The highest BCUT2D eigenvalue weighted by Crippen LogP contribution is 2.24. The van der Waals surface area contributed by atoms with Gasteiger partial charge in [-0.2, -0.15) is 5.10 Å². The van der Waals surface area contributed by atoms with Gasteiger partial charge in [-0.1, -0.05) is 6.92 Å². The Hall–Kier alpha value is -2.44. The Bertz CT molecular complexity index is 724. The third-order valence-electron chi connectivity index (χ3n) is 4.02. The van der Waals surface area contributed by atoms with Gasteiger partial charge in [0.05, 0.1) is 11.6 Å². The van der Waals surface area contributed by atoms with Crippen molar-refractivity contribution in [3.05, 3.63) is 35.5 Å². The topological polar surface area (TPSA) is 84.7 Å². The second-order valence-electron chi connectivity index (χ2n) is 6.33. The van der Waals surface area contributed by atoms with Crippen LogP contribution in [-0.4, -0.2) is 31.7 Å². The minimum atomic E-state index is -0.134. The van der Waals surface area contributed by atoms with Crippen molar-refractivity contribution in [1.82, 2.24) is 25.1 Å². The van der Waals surface area contributed by atoms with Crippen molar-refractivity contribution in [3.63, 3.8) is 0 Å². The lowest BCUT2D eigenvalue weighted by molar-refractivity contribution is 0.0928. The maximum atomic E-state index is 12.8. The molecule has 0 spiro atoms. The zero-order chi connectivity index (χ0) is 17.1. The van der Waals surface area contributed by atoms with E-state index in [1.807, 2.05) is 25.5 Å². The van der Waals surface area contributed by atoms with Crippen LogP contribution in [0, 0.1) is 0 Å². The number of aryl methyl sites for hydroxylation is 2. The number of anilines is 1. The van der Waals surface area contributed by atoms with E-state index in [0.717, 1.165) is 37.5 Å². The number of fused-ring (bicyclic) bond motifs is 1. The largest absolute Gasteiger partial charge is 0.367 e. The summed E-state index contributed by atoms with van der Waals surface area (Å²) in [7, 11) is 0. The fourth-order valence-electron chi connectivity index (χ4n) is 2.90. The summed E-state index contributed by atoms with van der Waals surface area (Å²) in [5.74, 6) is 2.16. The van der Waals surface area contributed by atoms with E-state index < -0.39 is 0 Å². The van der Waals surface area contributed by atoms with Crippen molar-refractivity contribution in [2.75, 3.05) is 5.32 Å². The van der Waals surface area contributed by atoms with E-state index in [2.05, 4.69) is 25.7 Å². The van der Waals surface area contributed by atoms with Gasteiger partial charge >= 0.3 is 0 Å². The Morgan fingerprint density at radius 3 is 3.04 bits per heavy atom. The lowest BCUT2D eigenvalue weighted by Crippen LogP contribution is -2.34. The quantitative estimate of drug-likeness (QED) is 0.880. The average molecular weight is 328 g/mol. The van der Waals surface area contributed by atoms with Gasteiger partial charge in [0.1, 0.15) is 11.6 Å². The molecule has 0 bridgehead atoms. The second-order valence-corrected chi connectivity index (χ2v) is 6.33. The molecule has 1 atom stereocenters. The summed E-state index contributed by atoms with van der Waals surface area (Å²) in [6.45, 7) is 6.94. The summed E-state index contributed by atoms with van der Waals surface area (Å²) in [6.07, 6.45) is 4.34. The molecule has 1 aliphatic rings. The molecule has 2 aromatic rings. The van der Waals surface area contributed by atoms with E-state index in [0.29, 0.717) is 11.4 Å². The molecule has 0 fully saturated rings. The Kier molecular flexibility index (Phi) is 4.78. The third kappa shape index (κ3) is 3.39. The Labute approximate surface area is 141 Å². The first-order chi connectivity index (χ1) is 11.6. The number of hydrogen-bond acceptors (Lipinski definition) is 5. The standard InChI is InChI=1S/C17H24N6O/c1-4-14-21-16-13(8-6-10-23(16)22-14)20-17(24)12-7-5-9-18-15(12)19-11(2)3/h5,7,9,11,13H,4,6,8,10H2,1-3H3,(H,18,19)(H,20,24)/t13-/m0/s1. The molecule has 0 aromatic carbocycles. The average Bonchev–Trinajstić information content (AvgIpc) is 2.99. The molecule has 0 radical (unpaired) electrons. The van der Waals surface area contributed by atoms with Gasteiger partial charge < -0.3 is 10.6 Å². The van der Waals surface area contributed by atoms with Gasteiger partial charge in [0.2, 0.25) is 0 Å². The first-order valence-electron chi connectivity index (χ1n) is 8.54. The number of rotatable bonds is 5. The van der Waals surface area contributed by atoms with Gasteiger partial charge in [0, 0.05) is 25.2 Å². The zero-order valence-corrected chi connectivity index (χ0v) is 14.4. The molecule has 0 saturated heterocycles. The molecule has 1 aliphatic heterocycles. The summed E-state index contributed by atoms with van der Waals surface area (Å²) in [6, 6.07) is 3.67. The smallest absolute Gasteiger partial charge is 0.255 e. The Morgan fingerprint density at radius 2 is 2.29 bits per heavy atom. The van der Waals surface area contributed by atoms with Crippen LogP contribution in [0.1, 0.15) is 61.7 Å². The molecule has 0 saturated carbocycles. The van der Waals surface area contributed by atoms with Gasteiger partial charge in [-0.05, 0) is 38.8 Å². The van der Waals surface area contributed by atoms with Crippen molar-refractivity contribution in [2.24, 2.45) is 0 Å². The van der Waals surface area contributed by atoms with Crippen LogP contribution in [0.4, 0.5) is 5.82 Å². The number of carbonyl (C=O) groups excluding carboxylic acids is 1. The first-order valence-corrected chi connectivity index (χ1v) is 8.54. The number of nitrogens with zero attached hydrogens (tertiary/aromatic N) is 4. The van der Waals surface area contributed by atoms with Crippen LogP contribution in [0.5, 0.6) is 0 Å². The molecule has 0 unspecified atom stereocenters. The summed E-state index contributed by atoms with van der Waals surface area (Å²) in [4.78, 5) is 21.6. The van der Waals surface area contributed by atoms with Gasteiger partial charge in [-0.15, -0.1) is 0 Å². The normalized spacial score (nSPS) is 16.8. The van der Waals surface area contributed by atoms with E-state index in [9.17, 15) is 4.79 Å². The molecule has 1 amide bonds. The summed E-state index contributed by atoms with van der Waals surface area (Å²) in [5.41, 5.74) is 0.554. The van der Waals surface area contributed by atoms with Crippen LogP contribution >= 0.6 is 0 Å². The maximum absolute atomic E-state index is 12.8. The SMILES string of the molecule is CCc1nc2n(n1)CCC[C@@H]2NC(=O)c1cccnc1NC(C)C. The third-order valence-corrected chi connectivity index (χ3v) is 4.02. The van der Waals surface area contributed by atoms with Gasteiger partial charge in [-0.25, -0.2) is 14.6 Å². The van der Waals surface area contributed by atoms with Crippen LogP contribution in [-0.2, 0) is 13.0 Å². The van der Waals surface area contributed by atoms with Crippen LogP contribution in [0.15, 0.2) is 18.3 Å². The molecule has 24 heavy (non-hydrogen) atoms. The number of aromatic nitrogens is 4. The van der Waals surface area contributed by atoms with Gasteiger partial charge in [0.25, 0.3) is 5.91 Å². The lowest BCUT2D eigenvalue weighted by Gasteiger charge is -2.23. The fraction of sp³-hybridized carbons (Fsp3) is 0.529. The molecule has 3 rings (SSSR count). The molecule has 2 aromatic heterocycles. The van der Waals surface area contributed by atoms with Crippen molar-refractivity contribution in [3.8, 4) is 0 Å². The predicted octanol–water partition coefficient (Wildman–Crippen LogP) is 2.32. The number of nitrogens with one attached hydrogen (secondary N) is 2. The highest BCUT2D eigenvalue weighted by atomic mass is 16.1. The summed E-state index contributed by atoms with van der Waals surface area (Å²) < 4.78 is 1.92. The molecule has 3 heterocycles. The molecule has 7 nitrogen and oxygen atoms in total. The van der Waals surface area contributed by atoms with Crippen LogP contribution in [0.3, 0.4) is 0 Å². The van der Waals surface area contributed by atoms with Gasteiger partial charge in [-0.3, -0.25) is 4.79 Å². The monoisotopic (exact) mass is 328 g/mol. The van der Waals surface area contributed by atoms with Crippen LogP contribution in [0.25, 0.3) is 0 Å². The van der Waals surface area contributed by atoms with Crippen LogP contribution in [0.2, 0.25) is 0 Å². The molecular formula is C17H24N6O. The predicted molar refractivity (Wildman–Crippen MR) is 91.8 cm³/mol. The van der Waals surface area contributed by atoms with E-state index in [1.165, 1.54) is 0 Å². The first kappa shape index (κ1) is 16.4. The van der Waals surface area contributed by atoms with Crippen molar-refractivity contribution in [1.29, 1.82) is 0 Å². The highest BCUT2D eigenvalue weighted by Gasteiger charge is 2.26. The maximum Gasteiger partial charge on any atom is 0.255 e. The number of amides is 1. The fourth-order valence-corrected chi connectivity index (χ4v) is 2.90. The highest BCUT2D eigenvalue weighted by molar-refractivity contribution is 5.98. The summed E-state index contributed by atoms with van der Waals surface area (Å²) in [5, 5.41) is 10.8. The number of carbonyl (C=O) groups is 1. The molecule has 128 valence electrons. The van der Waals surface area contributed by atoms with Crippen molar-refractivity contribution < 1.29 is 4.79 Å². The van der Waals surface area contributed by atoms with E-state index in [4.69, 9.17) is 0 Å². The van der Waals surface area contributed by atoms with E-state index >= 15 is 0 Å². The van der Waals surface area contributed by atoms with Crippen LogP contribution < -0.4 is 10.6 Å². The Balaban J connectivity index is 1.80. The summed E-state index contributed by atoms with van der Waals surface area (Å²) >= 11 is 0. The molecule has 7 heteroatoms. The van der Waals surface area contributed by atoms with Crippen molar-refractivity contribution >= 4 is 11.7 Å². The minimum Gasteiger partial charge on any atom is -0.367 e. The number of pyridine rings is 1. The van der Waals surface area contributed by atoms with E-state index in [-0.39, 0.29) is 18.0 Å². The minimum absolute atomic E-state index is 0.105. The van der Waals surface area contributed by atoms with E-state index in [1.54, 1.807) is 18.3 Å². The lowest BCUT2D eigenvalue weighted by atomic mass is 10.1. The molecular weight excluding hydrogens is 304 g/mol. The molecule has 2 N–H and O–H groups in total.